The quantitative estimate of drug-likeness (QED) is 0.0476. The molecule has 0 aliphatic carbocycles. The highest BCUT2D eigenvalue weighted by molar-refractivity contribution is 6.76. The van der Waals surface area contributed by atoms with Crippen LogP contribution < -0.4 is 5.32 Å². The molecule has 0 saturated carbocycles. The highest BCUT2D eigenvalue weighted by Gasteiger charge is 2.45. The van der Waals surface area contributed by atoms with E-state index in [0.29, 0.717) is 59.2 Å². The SMILES string of the molecule is COCCOCO[C@@H]1[C@@H](OCOCCOC)[C@@H](Cc2ccccc2)NC(=O)N(Cc2cccc(-c3ccnn3COCC[Si](C)(C)C)c2)[C@@H]1Cc1ccccc1. The number of rotatable bonds is 24. The van der Waals surface area contributed by atoms with Crippen molar-refractivity contribution < 1.29 is 38.0 Å². The van der Waals surface area contributed by atoms with Crippen molar-refractivity contribution in [2.24, 2.45) is 0 Å². The molecule has 2 heterocycles. The summed E-state index contributed by atoms with van der Waals surface area (Å²) in [4.78, 5) is 16.6. The number of ether oxygens (including phenoxy) is 7. The third-order valence-electron chi connectivity index (χ3n) is 9.71. The van der Waals surface area contributed by atoms with Gasteiger partial charge in [-0.1, -0.05) is 98.5 Å². The second kappa shape index (κ2) is 22.7. The zero-order chi connectivity index (χ0) is 39.6. The predicted molar refractivity (Wildman–Crippen MR) is 219 cm³/mol. The molecule has 304 valence electrons. The van der Waals surface area contributed by atoms with E-state index in [4.69, 9.17) is 33.2 Å². The number of methoxy groups -OCH3 is 2. The Labute approximate surface area is 333 Å². The second-order valence-electron chi connectivity index (χ2n) is 15.2. The molecule has 0 unspecified atom stereocenters. The van der Waals surface area contributed by atoms with Crippen LogP contribution in [-0.2, 0) is 59.3 Å². The van der Waals surface area contributed by atoms with E-state index in [1.54, 1.807) is 20.4 Å². The van der Waals surface area contributed by atoms with Gasteiger partial charge in [-0.05, 0) is 47.7 Å². The van der Waals surface area contributed by atoms with E-state index in [9.17, 15) is 4.79 Å². The summed E-state index contributed by atoms with van der Waals surface area (Å²) in [7, 11) is 2.05. The average Bonchev–Trinajstić information content (AvgIpc) is 3.64. The highest BCUT2D eigenvalue weighted by atomic mass is 28.3. The van der Waals surface area contributed by atoms with Gasteiger partial charge >= 0.3 is 6.03 Å². The van der Waals surface area contributed by atoms with Crippen molar-refractivity contribution in [2.45, 2.75) is 76.1 Å². The molecule has 0 spiro atoms. The van der Waals surface area contributed by atoms with E-state index in [1.807, 2.05) is 58.1 Å². The molecule has 1 aliphatic rings. The predicted octanol–water partition coefficient (Wildman–Crippen LogP) is 6.62. The van der Waals surface area contributed by atoms with Gasteiger partial charge < -0.3 is 43.4 Å². The van der Waals surface area contributed by atoms with Crippen molar-refractivity contribution >= 4 is 14.1 Å². The summed E-state index contributed by atoms with van der Waals surface area (Å²) in [5.41, 5.74) is 5.01. The van der Waals surface area contributed by atoms with Gasteiger partial charge in [0.05, 0.1) is 44.2 Å². The molecular weight excluding hydrogens is 729 g/mol. The van der Waals surface area contributed by atoms with Crippen molar-refractivity contribution in [1.82, 2.24) is 20.0 Å². The first-order chi connectivity index (χ1) is 27.3. The number of carbonyl (C=O) groups is 1. The maximum Gasteiger partial charge on any atom is 0.318 e. The Kier molecular flexibility index (Phi) is 17.5. The van der Waals surface area contributed by atoms with Gasteiger partial charge in [-0.25, -0.2) is 9.48 Å². The lowest BCUT2D eigenvalue weighted by Crippen LogP contribution is -2.53. The highest BCUT2D eigenvalue weighted by Crippen LogP contribution is 2.29. The molecule has 1 saturated heterocycles. The fourth-order valence-electron chi connectivity index (χ4n) is 6.71. The fraction of sp³-hybridized carbons (Fsp3) is 0.488. The Balaban J connectivity index is 1.49. The number of carbonyl (C=O) groups excluding carboxylic acids is 1. The first kappa shape index (κ1) is 43.2. The maximum absolute atomic E-state index is 14.7. The minimum Gasteiger partial charge on any atom is -0.382 e. The Bertz CT molecular complexity index is 1710. The molecule has 1 aliphatic heterocycles. The normalized spacial score (nSPS) is 18.9. The molecular formula is C43H60N4O8Si. The molecule has 13 heteroatoms. The summed E-state index contributed by atoms with van der Waals surface area (Å²) < 4.78 is 43.4. The molecule has 1 aromatic heterocycles. The Morgan fingerprint density at radius 2 is 1.32 bits per heavy atom. The van der Waals surface area contributed by atoms with Gasteiger partial charge in [0, 0.05) is 47.2 Å². The van der Waals surface area contributed by atoms with Crippen LogP contribution in [0.15, 0.2) is 97.2 Å². The summed E-state index contributed by atoms with van der Waals surface area (Å²) in [5.74, 6) is 0. The smallest absolute Gasteiger partial charge is 0.318 e. The van der Waals surface area contributed by atoms with Gasteiger partial charge in [0.1, 0.15) is 32.5 Å². The summed E-state index contributed by atoms with van der Waals surface area (Å²) in [6.45, 7) is 10.00. The van der Waals surface area contributed by atoms with Gasteiger partial charge in [0.2, 0.25) is 0 Å². The van der Waals surface area contributed by atoms with Gasteiger partial charge in [-0.2, -0.15) is 5.10 Å². The molecule has 1 fully saturated rings. The summed E-state index contributed by atoms with van der Waals surface area (Å²) in [6.07, 6.45) is 1.61. The molecule has 1 N–H and O–H groups in total. The fourth-order valence-corrected chi connectivity index (χ4v) is 7.47. The molecule has 4 atom stereocenters. The maximum atomic E-state index is 14.7. The van der Waals surface area contributed by atoms with Crippen LogP contribution in [0.1, 0.15) is 16.7 Å². The van der Waals surface area contributed by atoms with E-state index in [1.165, 1.54) is 0 Å². The van der Waals surface area contributed by atoms with Crippen molar-refractivity contribution in [1.29, 1.82) is 0 Å². The van der Waals surface area contributed by atoms with Gasteiger partial charge in [0.15, 0.2) is 0 Å². The lowest BCUT2D eigenvalue weighted by Gasteiger charge is -2.38. The number of hydrogen-bond acceptors (Lipinski definition) is 9. The van der Waals surface area contributed by atoms with Crippen molar-refractivity contribution in [2.75, 3.05) is 60.8 Å². The zero-order valence-electron chi connectivity index (χ0n) is 33.6. The van der Waals surface area contributed by atoms with Crippen LogP contribution in [0.25, 0.3) is 11.3 Å². The largest absolute Gasteiger partial charge is 0.382 e. The van der Waals surface area contributed by atoms with E-state index >= 15 is 0 Å². The molecule has 0 radical (unpaired) electrons. The number of aromatic nitrogens is 2. The second-order valence-corrected chi connectivity index (χ2v) is 20.8. The lowest BCUT2D eigenvalue weighted by molar-refractivity contribution is -0.187. The van der Waals surface area contributed by atoms with Gasteiger partial charge in [-0.15, -0.1) is 0 Å². The van der Waals surface area contributed by atoms with Gasteiger partial charge in [-0.3, -0.25) is 0 Å². The number of amides is 2. The van der Waals surface area contributed by atoms with Crippen molar-refractivity contribution in [3.05, 3.63) is 114 Å². The van der Waals surface area contributed by atoms with Crippen LogP contribution >= 0.6 is 0 Å². The van der Waals surface area contributed by atoms with E-state index in [0.717, 1.165) is 34.0 Å². The minimum absolute atomic E-state index is 0.00474. The number of nitrogens with zero attached hydrogens (tertiary/aromatic N) is 3. The van der Waals surface area contributed by atoms with Crippen molar-refractivity contribution in [3.63, 3.8) is 0 Å². The minimum atomic E-state index is -1.22. The lowest BCUT2D eigenvalue weighted by atomic mass is 9.91. The standard InChI is InChI=1S/C43H60N4O8Si/c1-49-21-23-52-32-54-41-38(28-34-13-8-6-9-14-34)45-43(48)46(40(29-35-15-10-7-11-16-35)42(41)55-33-53-24-22-50-2)30-36-17-12-18-37(27-36)39-19-20-44-47(39)31-51-25-26-56(3,4)5/h6-20,27,38,40-42H,21-26,28-33H2,1-5H3,(H,45,48)/t38-,40-,41+,42+/m1/s1. The molecule has 5 rings (SSSR count). The van der Waals surface area contributed by atoms with E-state index in [-0.39, 0.29) is 19.6 Å². The number of urea groups is 1. The summed E-state index contributed by atoms with van der Waals surface area (Å²) in [6, 6.07) is 30.5. The van der Waals surface area contributed by atoms with Crippen LogP contribution in [-0.4, -0.2) is 114 Å². The van der Waals surface area contributed by atoms with Crippen LogP contribution in [0.4, 0.5) is 4.79 Å². The number of nitrogens with one attached hydrogen (secondary N) is 1. The summed E-state index contributed by atoms with van der Waals surface area (Å²) in [5, 5.41) is 7.93. The van der Waals surface area contributed by atoms with Crippen LogP contribution in [0.3, 0.4) is 0 Å². The Morgan fingerprint density at radius 1 is 0.696 bits per heavy atom. The number of benzene rings is 3. The van der Waals surface area contributed by atoms with Crippen LogP contribution in [0.2, 0.25) is 25.7 Å². The zero-order valence-corrected chi connectivity index (χ0v) is 34.6. The third kappa shape index (κ3) is 13.6. The van der Waals surface area contributed by atoms with Crippen LogP contribution in [0.5, 0.6) is 0 Å². The van der Waals surface area contributed by atoms with E-state index < -0.39 is 32.4 Å². The van der Waals surface area contributed by atoms with Crippen molar-refractivity contribution in [3.8, 4) is 11.3 Å². The molecule has 12 nitrogen and oxygen atoms in total. The molecule has 3 aromatic carbocycles. The third-order valence-corrected chi connectivity index (χ3v) is 11.4. The molecule has 56 heavy (non-hydrogen) atoms. The van der Waals surface area contributed by atoms with Crippen LogP contribution in [0, 0.1) is 0 Å². The van der Waals surface area contributed by atoms with Gasteiger partial charge in [0.25, 0.3) is 0 Å². The first-order valence-electron chi connectivity index (χ1n) is 19.5. The molecule has 4 aromatic rings. The monoisotopic (exact) mass is 788 g/mol. The first-order valence-corrected chi connectivity index (χ1v) is 23.2. The Morgan fingerprint density at radius 3 is 1.96 bits per heavy atom. The van der Waals surface area contributed by atoms with E-state index in [2.05, 4.69) is 72.5 Å². The Hall–Kier alpha value is -3.92. The topological polar surface area (TPSA) is 115 Å². The molecule has 2 amide bonds. The summed E-state index contributed by atoms with van der Waals surface area (Å²) >= 11 is 0. The average molecular weight is 789 g/mol. The molecule has 0 bridgehead atoms. The number of hydrogen-bond donors (Lipinski definition) is 1.